The molecule has 1 heterocycles. The fourth-order valence-electron chi connectivity index (χ4n) is 2.85. The Kier molecular flexibility index (Phi) is 5.07. The Hall–Kier alpha value is -2.04. The van der Waals surface area contributed by atoms with E-state index in [1.54, 1.807) is 5.06 Å². The summed E-state index contributed by atoms with van der Waals surface area (Å²) in [5.41, 5.74) is 1.86. The zero-order valence-corrected chi connectivity index (χ0v) is 14.4. The number of carbonyl (C=O) groups excluding carboxylic acids is 1. The van der Waals surface area contributed by atoms with Crippen molar-refractivity contribution in [3.63, 3.8) is 0 Å². The maximum Gasteiger partial charge on any atom is 0.314 e. The number of hydroxylamine groups is 1. The van der Waals surface area contributed by atoms with Crippen LogP contribution in [0.4, 0.5) is 5.69 Å². The summed E-state index contributed by atoms with van der Waals surface area (Å²) in [7, 11) is 0. The third-order valence-corrected chi connectivity index (χ3v) is 4.16. The number of hydrogen-bond acceptors (Lipinski definition) is 4. The molecule has 0 bridgehead atoms. The molecule has 0 aromatic heterocycles. The number of ether oxygens (including phenoxy) is 1. The van der Waals surface area contributed by atoms with Gasteiger partial charge in [-0.2, -0.15) is 0 Å². The van der Waals surface area contributed by atoms with E-state index in [-0.39, 0.29) is 24.7 Å². The molecule has 0 aliphatic carbocycles. The van der Waals surface area contributed by atoms with Crippen LogP contribution in [0, 0.1) is 5.92 Å². The second-order valence-electron chi connectivity index (χ2n) is 6.05. The predicted molar refractivity (Wildman–Crippen MR) is 93.8 cm³/mol. The quantitative estimate of drug-likeness (QED) is 0.770. The van der Waals surface area contributed by atoms with E-state index in [2.05, 4.69) is 0 Å². The summed E-state index contributed by atoms with van der Waals surface area (Å²) in [4.78, 5) is 18.4. The van der Waals surface area contributed by atoms with Gasteiger partial charge in [0.15, 0.2) is 0 Å². The minimum atomic E-state index is -0.395. The van der Waals surface area contributed by atoms with Crippen LogP contribution in [-0.4, -0.2) is 18.7 Å². The molecule has 2 aromatic carbocycles. The molecule has 126 valence electrons. The first-order chi connectivity index (χ1) is 11.6. The average Bonchev–Trinajstić information content (AvgIpc) is 3.01. The van der Waals surface area contributed by atoms with E-state index >= 15 is 0 Å². The van der Waals surface area contributed by atoms with Crippen molar-refractivity contribution in [1.29, 1.82) is 0 Å². The fraction of sp³-hybridized carbons (Fsp3) is 0.316. The minimum absolute atomic E-state index is 0.158. The summed E-state index contributed by atoms with van der Waals surface area (Å²) in [5.74, 6) is -0.642. The smallest absolute Gasteiger partial charge is 0.314 e. The summed E-state index contributed by atoms with van der Waals surface area (Å²) in [6, 6.07) is 17.0. The number of esters is 1. The lowest BCUT2D eigenvalue weighted by Crippen LogP contribution is -2.30. The van der Waals surface area contributed by atoms with Crippen LogP contribution in [0.3, 0.4) is 0 Å². The summed E-state index contributed by atoms with van der Waals surface area (Å²) in [6.45, 7) is 3.98. The van der Waals surface area contributed by atoms with Crippen molar-refractivity contribution in [3.8, 4) is 0 Å². The van der Waals surface area contributed by atoms with E-state index in [1.807, 2.05) is 68.4 Å². The van der Waals surface area contributed by atoms with E-state index in [4.69, 9.17) is 21.2 Å². The number of para-hydroxylation sites is 1. The van der Waals surface area contributed by atoms with Gasteiger partial charge in [-0.3, -0.25) is 9.63 Å². The lowest BCUT2D eigenvalue weighted by atomic mass is 9.94. The van der Waals surface area contributed by atoms with Crippen LogP contribution in [0.1, 0.15) is 25.5 Å². The summed E-state index contributed by atoms with van der Waals surface area (Å²) < 4.78 is 5.42. The average molecular weight is 346 g/mol. The molecule has 5 heteroatoms. The highest BCUT2D eigenvalue weighted by atomic mass is 35.5. The van der Waals surface area contributed by atoms with Gasteiger partial charge >= 0.3 is 5.97 Å². The van der Waals surface area contributed by atoms with Crippen molar-refractivity contribution in [1.82, 2.24) is 0 Å². The van der Waals surface area contributed by atoms with Crippen LogP contribution in [-0.2, 0) is 14.4 Å². The largest absolute Gasteiger partial charge is 0.463 e. The molecule has 1 aliphatic heterocycles. The van der Waals surface area contributed by atoms with Gasteiger partial charge in [0.25, 0.3) is 0 Å². The van der Waals surface area contributed by atoms with Crippen LogP contribution in [0.25, 0.3) is 0 Å². The van der Waals surface area contributed by atoms with Crippen molar-refractivity contribution >= 4 is 23.3 Å². The molecule has 0 amide bonds. The van der Waals surface area contributed by atoms with E-state index in [0.29, 0.717) is 5.02 Å². The van der Waals surface area contributed by atoms with Crippen molar-refractivity contribution in [2.24, 2.45) is 5.92 Å². The molecule has 0 spiro atoms. The Bertz CT molecular complexity index is 688. The molecule has 1 aliphatic rings. The van der Waals surface area contributed by atoms with Crippen molar-refractivity contribution in [3.05, 3.63) is 65.2 Å². The standard InChI is InChI=1S/C19H20ClNO3/c1-13(2)24-19(22)17-12-23-21(16-6-4-3-5-7-16)18(17)14-8-10-15(20)11-9-14/h3-11,13,17-18H,12H2,1-2H3/t17-,18+/m1/s1. The number of halogens is 1. The molecule has 3 rings (SSSR count). The lowest BCUT2D eigenvalue weighted by Gasteiger charge is -2.27. The summed E-state index contributed by atoms with van der Waals surface area (Å²) >= 11 is 6.00. The van der Waals surface area contributed by atoms with Gasteiger partial charge in [-0.15, -0.1) is 0 Å². The minimum Gasteiger partial charge on any atom is -0.463 e. The maximum atomic E-state index is 12.5. The molecule has 0 saturated carbocycles. The molecular weight excluding hydrogens is 326 g/mol. The number of carbonyl (C=O) groups is 1. The van der Waals surface area contributed by atoms with E-state index < -0.39 is 5.92 Å². The number of rotatable bonds is 4. The topological polar surface area (TPSA) is 38.8 Å². The molecule has 0 radical (unpaired) electrons. The Labute approximate surface area is 146 Å². The molecule has 1 saturated heterocycles. The van der Waals surface area contributed by atoms with Crippen molar-refractivity contribution in [2.75, 3.05) is 11.7 Å². The zero-order valence-electron chi connectivity index (χ0n) is 13.7. The Balaban J connectivity index is 1.95. The monoisotopic (exact) mass is 345 g/mol. The van der Waals surface area contributed by atoms with Gasteiger partial charge in [0, 0.05) is 5.02 Å². The molecule has 24 heavy (non-hydrogen) atoms. The van der Waals surface area contributed by atoms with Gasteiger partial charge in [-0.1, -0.05) is 41.9 Å². The highest BCUT2D eigenvalue weighted by molar-refractivity contribution is 6.30. The van der Waals surface area contributed by atoms with E-state index in [1.165, 1.54) is 0 Å². The molecule has 0 N–H and O–H groups in total. The second-order valence-corrected chi connectivity index (χ2v) is 6.48. The van der Waals surface area contributed by atoms with Gasteiger partial charge < -0.3 is 4.74 Å². The normalized spacial score (nSPS) is 20.4. The molecular formula is C19H20ClNO3. The fourth-order valence-corrected chi connectivity index (χ4v) is 2.98. The zero-order chi connectivity index (χ0) is 17.1. The van der Waals surface area contributed by atoms with Gasteiger partial charge in [-0.05, 0) is 43.7 Å². The van der Waals surface area contributed by atoms with E-state index in [9.17, 15) is 4.79 Å². The van der Waals surface area contributed by atoms with Crippen LogP contribution in [0.5, 0.6) is 0 Å². The Morgan fingerprint density at radius 1 is 1.17 bits per heavy atom. The first-order valence-corrected chi connectivity index (χ1v) is 8.37. The van der Waals surface area contributed by atoms with Crippen LogP contribution in [0.15, 0.2) is 54.6 Å². The van der Waals surface area contributed by atoms with Crippen LogP contribution < -0.4 is 5.06 Å². The number of hydrogen-bond donors (Lipinski definition) is 0. The molecule has 1 fully saturated rings. The van der Waals surface area contributed by atoms with Gasteiger partial charge in [0.2, 0.25) is 0 Å². The molecule has 2 atom stereocenters. The lowest BCUT2D eigenvalue weighted by molar-refractivity contribution is -0.152. The molecule has 4 nitrogen and oxygen atoms in total. The summed E-state index contributed by atoms with van der Waals surface area (Å²) in [6.07, 6.45) is -0.158. The van der Waals surface area contributed by atoms with Crippen molar-refractivity contribution in [2.45, 2.75) is 26.0 Å². The van der Waals surface area contributed by atoms with Crippen LogP contribution in [0.2, 0.25) is 5.02 Å². The first-order valence-electron chi connectivity index (χ1n) is 7.99. The molecule has 0 unspecified atom stereocenters. The predicted octanol–water partition coefficient (Wildman–Crippen LogP) is 4.40. The van der Waals surface area contributed by atoms with Gasteiger partial charge in [-0.25, -0.2) is 5.06 Å². The van der Waals surface area contributed by atoms with Crippen molar-refractivity contribution < 1.29 is 14.4 Å². The number of benzene rings is 2. The SMILES string of the molecule is CC(C)OC(=O)[C@@H]1CON(c2ccccc2)[C@H]1c1ccc(Cl)cc1. The second kappa shape index (κ2) is 7.24. The first kappa shape index (κ1) is 16.8. The number of anilines is 1. The highest BCUT2D eigenvalue weighted by Gasteiger charge is 2.42. The summed E-state index contributed by atoms with van der Waals surface area (Å²) in [5, 5.41) is 2.44. The number of nitrogens with zero attached hydrogens (tertiary/aromatic N) is 1. The Morgan fingerprint density at radius 3 is 2.46 bits per heavy atom. The van der Waals surface area contributed by atoms with Crippen LogP contribution >= 0.6 is 11.6 Å². The third-order valence-electron chi connectivity index (χ3n) is 3.90. The van der Waals surface area contributed by atoms with Gasteiger partial charge in [0.05, 0.1) is 24.4 Å². The Morgan fingerprint density at radius 2 is 1.83 bits per heavy atom. The molecule has 2 aromatic rings. The maximum absolute atomic E-state index is 12.5. The van der Waals surface area contributed by atoms with Gasteiger partial charge in [0.1, 0.15) is 5.92 Å². The highest BCUT2D eigenvalue weighted by Crippen LogP contribution is 2.39. The van der Waals surface area contributed by atoms with E-state index in [0.717, 1.165) is 11.3 Å². The third kappa shape index (κ3) is 3.55.